The van der Waals surface area contributed by atoms with E-state index in [9.17, 15) is 5.11 Å². The van der Waals surface area contributed by atoms with E-state index in [0.29, 0.717) is 6.04 Å². The van der Waals surface area contributed by atoms with Crippen LogP contribution in [0.1, 0.15) is 45.4 Å². The predicted octanol–water partition coefficient (Wildman–Crippen LogP) is 2.04. The van der Waals surface area contributed by atoms with Gasteiger partial charge in [-0.25, -0.2) is 0 Å². The van der Waals surface area contributed by atoms with Gasteiger partial charge in [0.1, 0.15) is 0 Å². The van der Waals surface area contributed by atoms with Crippen LogP contribution in [0.5, 0.6) is 0 Å². The second kappa shape index (κ2) is 8.04. The highest BCUT2D eigenvalue weighted by atomic mass is 16.5. The molecule has 0 aromatic carbocycles. The Morgan fingerprint density at radius 2 is 1.88 bits per heavy atom. The van der Waals surface area contributed by atoms with Crippen LogP contribution in [0, 0.1) is 0 Å². The molecule has 3 heteroatoms. The molecule has 1 aliphatic carbocycles. The van der Waals surface area contributed by atoms with Crippen LogP contribution in [0.25, 0.3) is 0 Å². The van der Waals surface area contributed by atoms with Crippen molar-refractivity contribution in [1.82, 2.24) is 4.90 Å². The first-order valence-electron chi connectivity index (χ1n) is 6.70. The van der Waals surface area contributed by atoms with E-state index >= 15 is 0 Å². The third-order valence-electron chi connectivity index (χ3n) is 3.65. The molecule has 2 atom stereocenters. The number of ether oxygens (including phenoxy) is 1. The first-order chi connectivity index (χ1) is 7.79. The van der Waals surface area contributed by atoms with Gasteiger partial charge in [0.15, 0.2) is 0 Å². The van der Waals surface area contributed by atoms with Crippen LogP contribution >= 0.6 is 0 Å². The number of likely N-dealkylation sites (N-methyl/N-ethyl adjacent to an activating group) is 1. The first kappa shape index (κ1) is 13.9. The fourth-order valence-corrected chi connectivity index (χ4v) is 2.64. The lowest BCUT2D eigenvalue weighted by Gasteiger charge is -2.35. The maximum absolute atomic E-state index is 10.2. The number of aliphatic hydroxyl groups is 1. The van der Waals surface area contributed by atoms with E-state index in [1.165, 1.54) is 25.7 Å². The van der Waals surface area contributed by atoms with Gasteiger partial charge in [-0.3, -0.25) is 4.90 Å². The molecule has 0 heterocycles. The molecule has 0 amide bonds. The normalized spacial score (nSPS) is 27.8. The van der Waals surface area contributed by atoms with Crippen LogP contribution < -0.4 is 0 Å². The van der Waals surface area contributed by atoms with Crippen LogP contribution in [-0.4, -0.2) is 49.0 Å². The summed E-state index contributed by atoms with van der Waals surface area (Å²) >= 11 is 0. The molecule has 0 spiro atoms. The summed E-state index contributed by atoms with van der Waals surface area (Å²) in [5.41, 5.74) is 0. The minimum Gasteiger partial charge on any atom is -0.391 e. The maximum Gasteiger partial charge on any atom is 0.0695 e. The molecular formula is C13H27NO2. The van der Waals surface area contributed by atoms with Gasteiger partial charge in [0.05, 0.1) is 12.7 Å². The minimum absolute atomic E-state index is 0.142. The fraction of sp³-hybridized carbons (Fsp3) is 1.00. The molecule has 0 aliphatic heterocycles. The quantitative estimate of drug-likeness (QED) is 0.783. The smallest absolute Gasteiger partial charge is 0.0695 e. The molecule has 3 nitrogen and oxygen atoms in total. The third-order valence-corrected chi connectivity index (χ3v) is 3.65. The highest BCUT2D eigenvalue weighted by Gasteiger charge is 2.25. The summed E-state index contributed by atoms with van der Waals surface area (Å²) in [6.07, 6.45) is 7.01. The van der Waals surface area contributed by atoms with Crippen molar-refractivity contribution in [3.8, 4) is 0 Å². The zero-order chi connectivity index (χ0) is 11.8. The average molecular weight is 229 g/mol. The Balaban J connectivity index is 2.48. The van der Waals surface area contributed by atoms with E-state index < -0.39 is 0 Å². The molecular weight excluding hydrogens is 202 g/mol. The van der Waals surface area contributed by atoms with Crippen molar-refractivity contribution in [1.29, 1.82) is 0 Å². The van der Waals surface area contributed by atoms with E-state index in [1.807, 2.05) is 0 Å². The van der Waals surface area contributed by atoms with Gasteiger partial charge in [-0.1, -0.05) is 32.6 Å². The van der Waals surface area contributed by atoms with Crippen LogP contribution in [0.4, 0.5) is 0 Å². The summed E-state index contributed by atoms with van der Waals surface area (Å²) in [6, 6.07) is 0.348. The van der Waals surface area contributed by atoms with Crippen molar-refractivity contribution >= 4 is 0 Å². The second-order valence-corrected chi connectivity index (χ2v) is 4.75. The zero-order valence-corrected chi connectivity index (χ0v) is 10.8. The third kappa shape index (κ3) is 4.40. The Labute approximate surface area is 99.8 Å². The lowest BCUT2D eigenvalue weighted by molar-refractivity contribution is 0.0217. The number of hydrogen-bond donors (Lipinski definition) is 1. The Hall–Kier alpha value is -0.120. The number of aliphatic hydroxyl groups excluding tert-OH is 1. The molecule has 0 saturated heterocycles. The molecule has 96 valence electrons. The van der Waals surface area contributed by atoms with Crippen molar-refractivity contribution in [3.05, 3.63) is 0 Å². The fourth-order valence-electron chi connectivity index (χ4n) is 2.64. The molecule has 1 saturated carbocycles. The van der Waals surface area contributed by atoms with Gasteiger partial charge in [0.2, 0.25) is 0 Å². The van der Waals surface area contributed by atoms with Crippen molar-refractivity contribution in [2.45, 2.75) is 57.6 Å². The molecule has 1 aliphatic rings. The average Bonchev–Trinajstić information content (AvgIpc) is 2.28. The van der Waals surface area contributed by atoms with Crippen LogP contribution in [0.15, 0.2) is 0 Å². The molecule has 0 aromatic rings. The van der Waals surface area contributed by atoms with E-state index in [0.717, 1.165) is 32.5 Å². The predicted molar refractivity (Wildman–Crippen MR) is 66.6 cm³/mol. The van der Waals surface area contributed by atoms with E-state index in [1.54, 1.807) is 7.11 Å². The maximum atomic E-state index is 10.2. The molecule has 0 radical (unpaired) electrons. The van der Waals surface area contributed by atoms with Crippen LogP contribution in [0.3, 0.4) is 0 Å². The Bertz CT molecular complexity index is 175. The Morgan fingerprint density at radius 1 is 1.19 bits per heavy atom. The highest BCUT2D eigenvalue weighted by molar-refractivity contribution is 4.80. The summed E-state index contributed by atoms with van der Waals surface area (Å²) in [7, 11) is 1.74. The lowest BCUT2D eigenvalue weighted by Crippen LogP contribution is -2.45. The Kier molecular flexibility index (Phi) is 7.01. The van der Waals surface area contributed by atoms with E-state index in [4.69, 9.17) is 4.74 Å². The van der Waals surface area contributed by atoms with Gasteiger partial charge < -0.3 is 9.84 Å². The number of nitrogens with zero attached hydrogens (tertiary/aromatic N) is 1. The van der Waals surface area contributed by atoms with E-state index in [-0.39, 0.29) is 6.10 Å². The summed E-state index contributed by atoms with van der Waals surface area (Å²) in [4.78, 5) is 2.37. The summed E-state index contributed by atoms with van der Waals surface area (Å²) in [5, 5.41) is 10.2. The van der Waals surface area contributed by atoms with Gasteiger partial charge >= 0.3 is 0 Å². The van der Waals surface area contributed by atoms with Crippen molar-refractivity contribution in [3.63, 3.8) is 0 Å². The second-order valence-electron chi connectivity index (χ2n) is 4.75. The SMILES string of the molecule is CCN(CCOC)C1CCCCCCC1O. The van der Waals surface area contributed by atoms with Crippen molar-refractivity contribution < 1.29 is 9.84 Å². The molecule has 0 aromatic heterocycles. The largest absolute Gasteiger partial charge is 0.391 e. The van der Waals surface area contributed by atoms with E-state index in [2.05, 4.69) is 11.8 Å². The minimum atomic E-state index is -0.142. The topological polar surface area (TPSA) is 32.7 Å². The Morgan fingerprint density at radius 3 is 2.50 bits per heavy atom. The van der Waals surface area contributed by atoms with Gasteiger partial charge in [0, 0.05) is 19.7 Å². The molecule has 2 unspecified atom stereocenters. The highest BCUT2D eigenvalue weighted by Crippen LogP contribution is 2.21. The van der Waals surface area contributed by atoms with Gasteiger partial charge in [-0.2, -0.15) is 0 Å². The zero-order valence-electron chi connectivity index (χ0n) is 10.8. The van der Waals surface area contributed by atoms with Crippen LogP contribution in [-0.2, 0) is 4.74 Å². The van der Waals surface area contributed by atoms with Gasteiger partial charge in [-0.15, -0.1) is 0 Å². The van der Waals surface area contributed by atoms with Crippen LogP contribution in [0.2, 0.25) is 0 Å². The standard InChI is InChI=1S/C13H27NO2/c1-3-14(10-11-16-2)12-8-6-4-5-7-9-13(12)15/h12-13,15H,3-11H2,1-2H3. The molecule has 1 rings (SSSR count). The molecule has 0 bridgehead atoms. The number of methoxy groups -OCH3 is 1. The van der Waals surface area contributed by atoms with Crippen molar-refractivity contribution in [2.24, 2.45) is 0 Å². The van der Waals surface area contributed by atoms with Gasteiger partial charge in [-0.05, 0) is 19.4 Å². The lowest BCUT2D eigenvalue weighted by atomic mass is 9.93. The number of hydrogen-bond acceptors (Lipinski definition) is 3. The monoisotopic (exact) mass is 229 g/mol. The molecule has 16 heavy (non-hydrogen) atoms. The number of rotatable bonds is 5. The van der Waals surface area contributed by atoms with Crippen molar-refractivity contribution in [2.75, 3.05) is 26.8 Å². The molecule has 1 fully saturated rings. The molecule has 1 N–H and O–H groups in total. The first-order valence-corrected chi connectivity index (χ1v) is 6.70. The summed E-state index contributed by atoms with van der Waals surface area (Å²) < 4.78 is 5.13. The van der Waals surface area contributed by atoms with Gasteiger partial charge in [0.25, 0.3) is 0 Å². The summed E-state index contributed by atoms with van der Waals surface area (Å²) in [5.74, 6) is 0. The summed E-state index contributed by atoms with van der Waals surface area (Å²) in [6.45, 7) is 4.87.